The minimum Gasteiger partial charge on any atom is -0.450 e. The van der Waals surface area contributed by atoms with Crippen LogP contribution in [0.2, 0.25) is 0 Å². The Morgan fingerprint density at radius 1 is 1.19 bits per heavy atom. The van der Waals surface area contributed by atoms with E-state index in [0.29, 0.717) is 6.04 Å². The number of amides is 1. The summed E-state index contributed by atoms with van der Waals surface area (Å²) >= 11 is 0. The van der Waals surface area contributed by atoms with Crippen molar-refractivity contribution in [2.75, 3.05) is 31.1 Å². The summed E-state index contributed by atoms with van der Waals surface area (Å²) in [7, 11) is 0. The van der Waals surface area contributed by atoms with Crippen LogP contribution in [0.3, 0.4) is 0 Å². The van der Waals surface area contributed by atoms with Crippen LogP contribution in [0.1, 0.15) is 19.8 Å². The Morgan fingerprint density at radius 2 is 1.96 bits per heavy atom. The van der Waals surface area contributed by atoms with Gasteiger partial charge in [0.05, 0.1) is 6.04 Å². The van der Waals surface area contributed by atoms with Crippen LogP contribution in [0.4, 0.5) is 5.82 Å². The first-order valence-electron chi connectivity index (χ1n) is 9.62. The van der Waals surface area contributed by atoms with Crippen molar-refractivity contribution >= 4 is 33.8 Å². The number of hydrogen-bond acceptors (Lipinski definition) is 6. The fourth-order valence-corrected chi connectivity index (χ4v) is 3.77. The smallest absolute Gasteiger partial charge is 0.237 e. The van der Waals surface area contributed by atoms with E-state index in [9.17, 15) is 4.79 Å². The molecule has 2 aromatic heterocycles. The molecule has 1 aromatic carbocycles. The van der Waals surface area contributed by atoms with Crippen LogP contribution in [0.15, 0.2) is 35.0 Å². The molecule has 2 aliphatic rings. The van der Waals surface area contributed by atoms with Gasteiger partial charge >= 0.3 is 0 Å². The maximum Gasteiger partial charge on any atom is 0.237 e. The van der Waals surface area contributed by atoms with Crippen LogP contribution in [0.5, 0.6) is 0 Å². The third-order valence-corrected chi connectivity index (χ3v) is 5.60. The summed E-state index contributed by atoms with van der Waals surface area (Å²) in [5, 5.41) is 4.12. The van der Waals surface area contributed by atoms with Gasteiger partial charge in [0.2, 0.25) is 5.91 Å². The molecule has 5 rings (SSSR count). The van der Waals surface area contributed by atoms with Crippen molar-refractivity contribution in [1.29, 1.82) is 0 Å². The van der Waals surface area contributed by atoms with Gasteiger partial charge in [-0.2, -0.15) is 0 Å². The molecule has 1 aliphatic carbocycles. The number of carbonyl (C=O) groups is 1. The number of hydrogen-bond donors (Lipinski definition) is 1. The quantitative estimate of drug-likeness (QED) is 0.764. The van der Waals surface area contributed by atoms with Crippen LogP contribution in [0, 0.1) is 0 Å². The van der Waals surface area contributed by atoms with Gasteiger partial charge in [0.25, 0.3) is 0 Å². The van der Waals surface area contributed by atoms with Crippen LogP contribution >= 0.6 is 0 Å². The molecule has 1 saturated heterocycles. The van der Waals surface area contributed by atoms with Gasteiger partial charge in [-0.25, -0.2) is 9.97 Å². The van der Waals surface area contributed by atoms with Crippen LogP contribution in [0.25, 0.3) is 22.1 Å². The van der Waals surface area contributed by atoms with Gasteiger partial charge in [0.15, 0.2) is 11.4 Å². The maximum atomic E-state index is 12.3. The lowest BCUT2D eigenvalue weighted by molar-refractivity contribution is -0.126. The van der Waals surface area contributed by atoms with Crippen LogP contribution in [-0.2, 0) is 4.79 Å². The van der Waals surface area contributed by atoms with E-state index in [4.69, 9.17) is 4.42 Å². The maximum absolute atomic E-state index is 12.3. The van der Waals surface area contributed by atoms with E-state index in [0.717, 1.165) is 66.9 Å². The second-order valence-corrected chi connectivity index (χ2v) is 7.46. The monoisotopic (exact) mass is 365 g/mol. The van der Waals surface area contributed by atoms with Crippen molar-refractivity contribution in [3.63, 3.8) is 0 Å². The Balaban J connectivity index is 1.34. The summed E-state index contributed by atoms with van der Waals surface area (Å²) in [6, 6.07) is 8.25. The third-order valence-electron chi connectivity index (χ3n) is 5.60. The summed E-state index contributed by atoms with van der Waals surface area (Å²) in [6.07, 6.45) is 3.85. The topological polar surface area (TPSA) is 74.5 Å². The van der Waals surface area contributed by atoms with Crippen LogP contribution in [-0.4, -0.2) is 59.0 Å². The largest absolute Gasteiger partial charge is 0.450 e. The minimum atomic E-state index is -0.0932. The van der Waals surface area contributed by atoms with Gasteiger partial charge in [-0.05, 0) is 31.9 Å². The van der Waals surface area contributed by atoms with E-state index in [1.54, 1.807) is 6.33 Å². The lowest BCUT2D eigenvalue weighted by Gasteiger charge is -2.37. The highest BCUT2D eigenvalue weighted by Crippen LogP contribution is 2.32. The molecule has 0 radical (unpaired) electrons. The van der Waals surface area contributed by atoms with Gasteiger partial charge in [-0.1, -0.05) is 12.1 Å². The normalized spacial score (nSPS) is 19.5. The molecular weight excluding hydrogens is 342 g/mol. The lowest BCUT2D eigenvalue weighted by Crippen LogP contribution is -2.54. The Morgan fingerprint density at radius 3 is 2.74 bits per heavy atom. The SMILES string of the molecule is CC(C(=O)NC1CC1)N1CCN(c2ncnc3c2oc2ccccc23)CC1. The Kier molecular flexibility index (Phi) is 3.97. The number of rotatable bonds is 4. The van der Waals surface area contributed by atoms with E-state index in [-0.39, 0.29) is 11.9 Å². The number of fused-ring (bicyclic) bond motifs is 3. The van der Waals surface area contributed by atoms with Gasteiger partial charge in [0.1, 0.15) is 17.4 Å². The molecule has 140 valence electrons. The van der Waals surface area contributed by atoms with E-state index in [2.05, 4.69) is 25.1 Å². The van der Waals surface area contributed by atoms with Gasteiger partial charge in [-0.3, -0.25) is 9.69 Å². The fourth-order valence-electron chi connectivity index (χ4n) is 3.77. The number of furan rings is 1. The highest BCUT2D eigenvalue weighted by molar-refractivity contribution is 6.05. The van der Waals surface area contributed by atoms with Crippen molar-refractivity contribution in [3.05, 3.63) is 30.6 Å². The summed E-state index contributed by atoms with van der Waals surface area (Å²) < 4.78 is 6.06. The van der Waals surface area contributed by atoms with Gasteiger partial charge < -0.3 is 14.6 Å². The predicted octanol–water partition coefficient (Wildman–Crippen LogP) is 2.17. The van der Waals surface area contributed by atoms with Crippen LogP contribution < -0.4 is 10.2 Å². The summed E-state index contributed by atoms with van der Waals surface area (Å²) in [6.45, 7) is 5.26. The van der Waals surface area contributed by atoms with Crippen molar-refractivity contribution in [2.45, 2.75) is 31.8 Å². The van der Waals surface area contributed by atoms with E-state index in [1.165, 1.54) is 0 Å². The number of para-hydroxylation sites is 1. The lowest BCUT2D eigenvalue weighted by atomic mass is 10.2. The molecule has 1 aliphatic heterocycles. The van der Waals surface area contributed by atoms with E-state index < -0.39 is 0 Å². The minimum absolute atomic E-state index is 0.0932. The standard InChI is InChI=1S/C20H23N5O2/c1-13(20(26)23-14-6-7-14)24-8-10-25(11-9-24)19-18-17(21-12-22-19)15-4-2-3-5-16(15)27-18/h2-5,12-14H,6-11H2,1H3,(H,23,26). The molecule has 7 nitrogen and oxygen atoms in total. The average Bonchev–Trinajstić information content (AvgIpc) is 3.44. The average molecular weight is 365 g/mol. The molecule has 1 unspecified atom stereocenters. The Hall–Kier alpha value is -2.67. The van der Waals surface area contributed by atoms with Gasteiger partial charge in [-0.15, -0.1) is 0 Å². The first-order valence-corrected chi connectivity index (χ1v) is 9.62. The molecule has 0 spiro atoms. The summed E-state index contributed by atoms with van der Waals surface area (Å²) in [5.41, 5.74) is 2.43. The second kappa shape index (κ2) is 6.49. The number of piperazine rings is 1. The van der Waals surface area contributed by atoms with Crippen molar-refractivity contribution < 1.29 is 9.21 Å². The fraction of sp³-hybridized carbons (Fsp3) is 0.450. The predicted molar refractivity (Wildman–Crippen MR) is 104 cm³/mol. The van der Waals surface area contributed by atoms with E-state index >= 15 is 0 Å². The van der Waals surface area contributed by atoms with Crippen molar-refractivity contribution in [1.82, 2.24) is 20.2 Å². The zero-order chi connectivity index (χ0) is 18.4. The Bertz CT molecular complexity index is 988. The first kappa shape index (κ1) is 16.5. The molecule has 1 N–H and O–H groups in total. The highest BCUT2D eigenvalue weighted by atomic mass is 16.3. The number of aromatic nitrogens is 2. The molecule has 1 atom stereocenters. The van der Waals surface area contributed by atoms with E-state index in [1.807, 2.05) is 31.2 Å². The Labute approximate surface area is 157 Å². The molecule has 1 amide bonds. The zero-order valence-corrected chi connectivity index (χ0v) is 15.4. The molecule has 3 aromatic rings. The molecule has 0 bridgehead atoms. The molecule has 27 heavy (non-hydrogen) atoms. The molecular formula is C20H23N5O2. The van der Waals surface area contributed by atoms with Crippen molar-refractivity contribution in [3.8, 4) is 0 Å². The molecule has 1 saturated carbocycles. The summed E-state index contributed by atoms with van der Waals surface area (Å²) in [5.74, 6) is 0.985. The number of nitrogens with one attached hydrogen (secondary N) is 1. The second-order valence-electron chi connectivity index (χ2n) is 7.46. The number of nitrogens with zero attached hydrogens (tertiary/aromatic N) is 4. The summed E-state index contributed by atoms with van der Waals surface area (Å²) in [4.78, 5) is 25.7. The third kappa shape index (κ3) is 3.02. The number of carbonyl (C=O) groups excluding carboxylic acids is 1. The molecule has 7 heteroatoms. The molecule has 2 fully saturated rings. The highest BCUT2D eigenvalue weighted by Gasteiger charge is 2.30. The zero-order valence-electron chi connectivity index (χ0n) is 15.4. The van der Waals surface area contributed by atoms with Crippen molar-refractivity contribution in [2.24, 2.45) is 0 Å². The van der Waals surface area contributed by atoms with Gasteiger partial charge in [0, 0.05) is 37.6 Å². The number of anilines is 1. The first-order chi connectivity index (χ1) is 13.2. The molecule has 3 heterocycles. The number of benzene rings is 1.